The molecule has 2 bridgehead atoms. The summed E-state index contributed by atoms with van der Waals surface area (Å²) in [5.74, 6) is 0. The molecule has 5 nitrogen and oxygen atoms in total. The SMILES string of the molecule is CNCCCN1CC2CC(C1)N2C(=O)OC(C)(C)C. The van der Waals surface area contributed by atoms with Crippen LogP contribution in [-0.4, -0.2) is 66.8 Å². The van der Waals surface area contributed by atoms with Crippen molar-refractivity contribution in [3.05, 3.63) is 0 Å². The van der Waals surface area contributed by atoms with Crippen molar-refractivity contribution in [1.82, 2.24) is 15.1 Å². The van der Waals surface area contributed by atoms with Crippen molar-refractivity contribution >= 4 is 6.09 Å². The quantitative estimate of drug-likeness (QED) is 0.781. The molecule has 0 aromatic carbocycles. The van der Waals surface area contributed by atoms with Crippen molar-refractivity contribution in [3.63, 3.8) is 0 Å². The van der Waals surface area contributed by atoms with Crippen molar-refractivity contribution in [2.24, 2.45) is 0 Å². The van der Waals surface area contributed by atoms with E-state index in [1.54, 1.807) is 0 Å². The summed E-state index contributed by atoms with van der Waals surface area (Å²) < 4.78 is 5.47. The molecule has 19 heavy (non-hydrogen) atoms. The minimum atomic E-state index is -0.395. The third-order valence-corrected chi connectivity index (χ3v) is 3.77. The van der Waals surface area contributed by atoms with Gasteiger partial charge in [0.1, 0.15) is 5.60 Å². The number of carbonyl (C=O) groups is 1. The molecule has 0 aromatic heterocycles. The summed E-state index contributed by atoms with van der Waals surface area (Å²) in [5, 5.41) is 3.17. The predicted molar refractivity (Wildman–Crippen MR) is 75.2 cm³/mol. The van der Waals surface area contributed by atoms with Crippen molar-refractivity contribution in [2.45, 2.75) is 51.3 Å². The van der Waals surface area contributed by atoms with Crippen LogP contribution in [0.4, 0.5) is 4.79 Å². The van der Waals surface area contributed by atoms with Crippen molar-refractivity contribution in [3.8, 4) is 0 Å². The highest BCUT2D eigenvalue weighted by atomic mass is 16.6. The first-order valence-corrected chi connectivity index (χ1v) is 7.29. The second-order valence-electron chi connectivity index (χ2n) is 6.65. The van der Waals surface area contributed by atoms with Gasteiger partial charge in [-0.3, -0.25) is 9.80 Å². The summed E-state index contributed by atoms with van der Waals surface area (Å²) in [6.45, 7) is 9.94. The topological polar surface area (TPSA) is 44.8 Å². The number of amides is 1. The lowest BCUT2D eigenvalue weighted by Gasteiger charge is -2.55. The zero-order chi connectivity index (χ0) is 14.0. The summed E-state index contributed by atoms with van der Waals surface area (Å²) >= 11 is 0. The van der Waals surface area contributed by atoms with Crippen LogP contribution in [0.1, 0.15) is 33.6 Å². The number of fused-ring (bicyclic) bond motifs is 2. The van der Waals surface area contributed by atoms with Gasteiger partial charge < -0.3 is 10.1 Å². The van der Waals surface area contributed by atoms with Gasteiger partial charge in [-0.05, 0) is 53.8 Å². The average molecular weight is 269 g/mol. The highest BCUT2D eigenvalue weighted by Crippen LogP contribution is 2.33. The highest BCUT2D eigenvalue weighted by molar-refractivity contribution is 5.70. The van der Waals surface area contributed by atoms with Crippen LogP contribution in [0.15, 0.2) is 0 Å². The molecule has 3 fully saturated rings. The van der Waals surface area contributed by atoms with Crippen molar-refractivity contribution < 1.29 is 9.53 Å². The largest absolute Gasteiger partial charge is 0.444 e. The number of nitrogens with one attached hydrogen (secondary N) is 1. The van der Waals surface area contributed by atoms with E-state index in [0.717, 1.165) is 32.6 Å². The zero-order valence-electron chi connectivity index (χ0n) is 12.6. The molecule has 3 aliphatic rings. The van der Waals surface area contributed by atoms with Crippen LogP contribution in [0.25, 0.3) is 0 Å². The lowest BCUT2D eigenvalue weighted by atomic mass is 9.88. The number of rotatable bonds is 4. The molecule has 1 N–H and O–H groups in total. The van der Waals surface area contributed by atoms with Gasteiger partial charge in [-0.15, -0.1) is 0 Å². The number of piperazine rings is 1. The molecule has 2 atom stereocenters. The molecule has 3 aliphatic heterocycles. The summed E-state index contributed by atoms with van der Waals surface area (Å²) in [4.78, 5) is 16.5. The van der Waals surface area contributed by atoms with Gasteiger partial charge in [-0.2, -0.15) is 0 Å². The Bertz CT molecular complexity index is 315. The number of hydrogen-bond acceptors (Lipinski definition) is 4. The molecule has 0 aliphatic carbocycles. The molecular formula is C14H27N3O2. The number of hydrogen-bond donors (Lipinski definition) is 1. The Morgan fingerprint density at radius 3 is 2.47 bits per heavy atom. The molecule has 110 valence electrons. The van der Waals surface area contributed by atoms with Gasteiger partial charge in [0.05, 0.1) is 12.1 Å². The fourth-order valence-corrected chi connectivity index (χ4v) is 2.97. The van der Waals surface area contributed by atoms with Gasteiger partial charge in [0, 0.05) is 13.1 Å². The van der Waals surface area contributed by atoms with Crippen LogP contribution < -0.4 is 5.32 Å². The van der Waals surface area contributed by atoms with Crippen molar-refractivity contribution in [2.75, 3.05) is 33.2 Å². The lowest BCUT2D eigenvalue weighted by Crippen LogP contribution is -2.70. The summed E-state index contributed by atoms with van der Waals surface area (Å²) in [6.07, 6.45) is 2.17. The second-order valence-corrected chi connectivity index (χ2v) is 6.65. The van der Waals surface area contributed by atoms with Gasteiger partial charge in [0.2, 0.25) is 0 Å². The maximum Gasteiger partial charge on any atom is 0.410 e. The molecular weight excluding hydrogens is 242 g/mol. The van der Waals surface area contributed by atoms with Crippen LogP contribution >= 0.6 is 0 Å². The van der Waals surface area contributed by atoms with Gasteiger partial charge >= 0.3 is 6.09 Å². The Labute approximate surface area is 116 Å². The maximum absolute atomic E-state index is 12.1. The number of piperidine rings is 1. The van der Waals surface area contributed by atoms with E-state index in [4.69, 9.17) is 4.74 Å². The van der Waals surface area contributed by atoms with Crippen LogP contribution in [0.3, 0.4) is 0 Å². The smallest absolute Gasteiger partial charge is 0.410 e. The van der Waals surface area contributed by atoms with Crippen molar-refractivity contribution in [1.29, 1.82) is 0 Å². The van der Waals surface area contributed by atoms with Crippen LogP contribution in [0, 0.1) is 0 Å². The third kappa shape index (κ3) is 3.60. The number of carbonyl (C=O) groups excluding carboxylic acids is 1. The molecule has 5 heteroatoms. The van der Waals surface area contributed by atoms with Crippen LogP contribution in [0.2, 0.25) is 0 Å². The average Bonchev–Trinajstić information content (AvgIpc) is 2.26. The lowest BCUT2D eigenvalue weighted by molar-refractivity contribution is -0.0763. The van der Waals surface area contributed by atoms with E-state index < -0.39 is 5.60 Å². The van der Waals surface area contributed by atoms with E-state index in [-0.39, 0.29) is 6.09 Å². The molecule has 2 unspecified atom stereocenters. The van der Waals surface area contributed by atoms with E-state index in [1.165, 1.54) is 6.42 Å². The Kier molecular flexibility index (Phi) is 4.36. The fraction of sp³-hybridized carbons (Fsp3) is 0.929. The number of ether oxygens (including phenoxy) is 1. The molecule has 0 radical (unpaired) electrons. The van der Waals surface area contributed by atoms with E-state index in [0.29, 0.717) is 12.1 Å². The molecule has 3 rings (SSSR count). The Morgan fingerprint density at radius 1 is 1.32 bits per heavy atom. The molecule has 1 amide bonds. The van der Waals surface area contributed by atoms with E-state index >= 15 is 0 Å². The number of nitrogens with zero attached hydrogens (tertiary/aromatic N) is 2. The Hall–Kier alpha value is -0.810. The summed E-state index contributed by atoms with van der Waals surface area (Å²) in [7, 11) is 1.98. The van der Waals surface area contributed by atoms with Crippen LogP contribution in [-0.2, 0) is 4.74 Å². The molecule has 3 saturated heterocycles. The van der Waals surface area contributed by atoms with Gasteiger partial charge in [0.25, 0.3) is 0 Å². The monoisotopic (exact) mass is 269 g/mol. The van der Waals surface area contributed by atoms with Gasteiger partial charge in [-0.1, -0.05) is 0 Å². The van der Waals surface area contributed by atoms with Gasteiger partial charge in [0.15, 0.2) is 0 Å². The Morgan fingerprint density at radius 2 is 1.95 bits per heavy atom. The zero-order valence-corrected chi connectivity index (χ0v) is 12.6. The molecule has 0 aromatic rings. The van der Waals surface area contributed by atoms with E-state index in [2.05, 4.69) is 10.2 Å². The Balaban J connectivity index is 1.78. The highest BCUT2D eigenvalue weighted by Gasteiger charge is 2.48. The third-order valence-electron chi connectivity index (χ3n) is 3.77. The summed E-state index contributed by atoms with van der Waals surface area (Å²) in [5.41, 5.74) is -0.395. The first-order valence-electron chi connectivity index (χ1n) is 7.29. The fourth-order valence-electron chi connectivity index (χ4n) is 2.97. The van der Waals surface area contributed by atoms with Gasteiger partial charge in [-0.25, -0.2) is 4.79 Å². The standard InChI is InChI=1S/C14H27N3O2/c1-14(2,3)19-13(18)17-11-8-12(17)10-16(9-11)7-5-6-15-4/h11-12,15H,5-10H2,1-4H3. The predicted octanol–water partition coefficient (Wildman–Crippen LogP) is 1.29. The minimum absolute atomic E-state index is 0.136. The second kappa shape index (κ2) is 5.67. The summed E-state index contributed by atoms with van der Waals surface area (Å²) in [6, 6.07) is 0.728. The maximum atomic E-state index is 12.1. The first kappa shape index (κ1) is 14.6. The minimum Gasteiger partial charge on any atom is -0.444 e. The molecule has 3 heterocycles. The molecule has 0 spiro atoms. The molecule has 0 saturated carbocycles. The van der Waals surface area contributed by atoms with E-state index in [1.807, 2.05) is 32.7 Å². The van der Waals surface area contributed by atoms with Crippen LogP contribution in [0.5, 0.6) is 0 Å². The first-order chi connectivity index (χ1) is 8.90. The van der Waals surface area contributed by atoms with E-state index in [9.17, 15) is 4.79 Å². The normalized spacial score (nSPS) is 27.1.